The fraction of sp³-hybridized carbons (Fsp3) is 0.562. The third kappa shape index (κ3) is 2.44. The van der Waals surface area contributed by atoms with E-state index in [1.807, 2.05) is 5.38 Å². The molecule has 0 aromatic carbocycles. The van der Waals surface area contributed by atoms with Crippen molar-refractivity contribution in [2.24, 2.45) is 0 Å². The number of ketones is 2. The molecule has 3 rings (SSSR count). The van der Waals surface area contributed by atoms with Crippen molar-refractivity contribution < 1.29 is 14.4 Å². The first-order valence-corrected chi connectivity index (χ1v) is 8.32. The average molecular weight is 305 g/mol. The van der Waals surface area contributed by atoms with E-state index in [1.54, 1.807) is 16.2 Å². The number of amides is 1. The molecule has 0 spiro atoms. The molecule has 21 heavy (non-hydrogen) atoms. The zero-order chi connectivity index (χ0) is 15.1. The Hall–Kier alpha value is -1.49. The first kappa shape index (κ1) is 14.4. The van der Waals surface area contributed by atoms with Gasteiger partial charge in [0, 0.05) is 23.2 Å². The molecule has 1 aliphatic heterocycles. The minimum Gasteiger partial charge on any atom is -0.324 e. The molecular weight excluding hydrogens is 286 g/mol. The molecule has 5 heteroatoms. The number of nitrogens with zero attached hydrogens (tertiary/aromatic N) is 1. The number of hydrogen-bond donors (Lipinski definition) is 0. The number of hydrogen-bond acceptors (Lipinski definition) is 4. The molecule has 0 unspecified atom stereocenters. The van der Waals surface area contributed by atoms with Crippen molar-refractivity contribution in [2.45, 2.75) is 58.0 Å². The van der Waals surface area contributed by atoms with Gasteiger partial charge >= 0.3 is 0 Å². The third-order valence-corrected chi connectivity index (χ3v) is 5.65. The van der Waals surface area contributed by atoms with Gasteiger partial charge in [0.25, 0.3) is 5.91 Å². The van der Waals surface area contributed by atoms with Gasteiger partial charge in [-0.15, -0.1) is 11.3 Å². The summed E-state index contributed by atoms with van der Waals surface area (Å²) in [5, 5.41) is 1.92. The number of carbonyl (C=O) groups excluding carboxylic acids is 3. The molecule has 1 aromatic heterocycles. The third-order valence-electron chi connectivity index (χ3n) is 4.32. The number of thiophene rings is 1. The van der Waals surface area contributed by atoms with Crippen LogP contribution in [0.3, 0.4) is 0 Å². The monoisotopic (exact) mass is 305 g/mol. The van der Waals surface area contributed by atoms with Crippen molar-refractivity contribution in [2.75, 3.05) is 0 Å². The Bertz CT molecular complexity index is 617. The molecule has 1 fully saturated rings. The zero-order valence-corrected chi connectivity index (χ0v) is 13.2. The molecule has 1 atom stereocenters. The summed E-state index contributed by atoms with van der Waals surface area (Å²) >= 11 is 1.63. The predicted octanol–water partition coefficient (Wildman–Crippen LogP) is 2.91. The summed E-state index contributed by atoms with van der Waals surface area (Å²) in [6.07, 6.45) is 1.75. The van der Waals surface area contributed by atoms with Crippen molar-refractivity contribution in [1.82, 2.24) is 4.90 Å². The smallest absolute Gasteiger partial charge is 0.255 e. The molecule has 1 aromatic rings. The van der Waals surface area contributed by atoms with Crippen molar-refractivity contribution in [3.05, 3.63) is 21.4 Å². The maximum Gasteiger partial charge on any atom is 0.255 e. The van der Waals surface area contributed by atoms with Gasteiger partial charge in [-0.1, -0.05) is 13.8 Å². The quantitative estimate of drug-likeness (QED) is 0.623. The molecule has 112 valence electrons. The Balaban J connectivity index is 1.87. The minimum absolute atomic E-state index is 0.00574. The van der Waals surface area contributed by atoms with Crippen molar-refractivity contribution in [3.63, 3.8) is 0 Å². The lowest BCUT2D eigenvalue weighted by atomic mass is 10.1. The predicted molar refractivity (Wildman–Crippen MR) is 80.6 cm³/mol. The number of fused-ring (bicyclic) bond motifs is 1. The highest BCUT2D eigenvalue weighted by Gasteiger charge is 2.39. The molecule has 1 aliphatic carbocycles. The van der Waals surface area contributed by atoms with Crippen LogP contribution < -0.4 is 0 Å². The first-order valence-electron chi connectivity index (χ1n) is 7.44. The lowest BCUT2D eigenvalue weighted by Gasteiger charge is -2.25. The Labute approximate surface area is 128 Å². The van der Waals surface area contributed by atoms with Crippen LogP contribution >= 0.6 is 11.3 Å². The van der Waals surface area contributed by atoms with Crippen LogP contribution in [-0.4, -0.2) is 28.4 Å². The second kappa shape index (κ2) is 5.37. The topological polar surface area (TPSA) is 54.5 Å². The van der Waals surface area contributed by atoms with Gasteiger partial charge in [0.05, 0.1) is 18.0 Å². The van der Waals surface area contributed by atoms with Crippen molar-refractivity contribution in [1.29, 1.82) is 0 Å². The van der Waals surface area contributed by atoms with Gasteiger partial charge in [0.1, 0.15) is 5.78 Å². The maximum absolute atomic E-state index is 12.6. The number of rotatable bonds is 2. The van der Waals surface area contributed by atoms with E-state index in [2.05, 4.69) is 13.8 Å². The lowest BCUT2D eigenvalue weighted by Crippen LogP contribution is -2.41. The first-order chi connectivity index (χ1) is 9.99. The van der Waals surface area contributed by atoms with Gasteiger partial charge < -0.3 is 4.90 Å². The Morgan fingerprint density at radius 1 is 1.29 bits per heavy atom. The number of Topliss-reactive ketones (excluding diaryl/α,β-unsaturated/α-hetero) is 2. The summed E-state index contributed by atoms with van der Waals surface area (Å²) in [5.74, 6) is 0.260. The van der Waals surface area contributed by atoms with Crippen LogP contribution in [-0.2, 0) is 16.1 Å². The largest absolute Gasteiger partial charge is 0.324 e. The van der Waals surface area contributed by atoms with Crippen LogP contribution in [0, 0.1) is 0 Å². The van der Waals surface area contributed by atoms with Crippen LogP contribution in [0.1, 0.15) is 66.2 Å². The molecular formula is C16H19NO3S. The molecule has 0 radical (unpaired) electrons. The van der Waals surface area contributed by atoms with Crippen molar-refractivity contribution >= 4 is 28.8 Å². The van der Waals surface area contributed by atoms with Gasteiger partial charge in [-0.3, -0.25) is 14.4 Å². The Morgan fingerprint density at radius 2 is 2.05 bits per heavy atom. The average Bonchev–Trinajstić information content (AvgIpc) is 2.90. The summed E-state index contributed by atoms with van der Waals surface area (Å²) in [5.41, 5.74) is 1.84. The maximum atomic E-state index is 12.6. The van der Waals surface area contributed by atoms with E-state index in [-0.39, 0.29) is 23.9 Å². The van der Waals surface area contributed by atoms with E-state index in [0.29, 0.717) is 31.7 Å². The van der Waals surface area contributed by atoms with E-state index in [0.717, 1.165) is 11.1 Å². The molecule has 4 nitrogen and oxygen atoms in total. The van der Waals surface area contributed by atoms with Crippen LogP contribution in [0.25, 0.3) is 0 Å². The molecule has 1 amide bonds. The second-order valence-electron chi connectivity index (χ2n) is 6.17. The van der Waals surface area contributed by atoms with Gasteiger partial charge in [-0.25, -0.2) is 0 Å². The Kier molecular flexibility index (Phi) is 3.69. The van der Waals surface area contributed by atoms with Crippen molar-refractivity contribution in [3.8, 4) is 0 Å². The van der Waals surface area contributed by atoms with Crippen LogP contribution in [0.5, 0.6) is 0 Å². The molecule has 2 aliphatic rings. The molecule has 1 saturated carbocycles. The normalized spacial score (nSPS) is 22.9. The standard InChI is InChI=1S/C16H19NO3S/c1-9(2)15-11-7-17(16(20)12(11)8-21-15)13-5-3-4-10(18)6-14(13)19/h8-9,13H,3-7H2,1-2H3/t13-/m0/s1. The second-order valence-corrected chi connectivity index (χ2v) is 7.08. The van der Waals surface area contributed by atoms with E-state index in [4.69, 9.17) is 0 Å². The fourth-order valence-corrected chi connectivity index (χ4v) is 4.33. The fourth-order valence-electron chi connectivity index (χ4n) is 3.26. The summed E-state index contributed by atoms with van der Waals surface area (Å²) in [6, 6.07) is -0.415. The van der Waals surface area contributed by atoms with E-state index >= 15 is 0 Å². The van der Waals surface area contributed by atoms with E-state index < -0.39 is 6.04 Å². The van der Waals surface area contributed by atoms with Gasteiger partial charge in [0.15, 0.2) is 5.78 Å². The van der Waals surface area contributed by atoms with Crippen LogP contribution in [0.15, 0.2) is 5.38 Å². The van der Waals surface area contributed by atoms with Crippen LogP contribution in [0.2, 0.25) is 0 Å². The van der Waals surface area contributed by atoms with E-state index in [1.165, 1.54) is 4.88 Å². The van der Waals surface area contributed by atoms with Crippen LogP contribution in [0.4, 0.5) is 0 Å². The summed E-state index contributed by atoms with van der Waals surface area (Å²) in [4.78, 5) is 39.2. The molecule has 0 bridgehead atoms. The zero-order valence-electron chi connectivity index (χ0n) is 12.3. The SMILES string of the molecule is CC(C)c1scc2c1CN([C@H]1CCCC(=O)CC1=O)C2=O. The van der Waals surface area contributed by atoms with E-state index in [9.17, 15) is 14.4 Å². The van der Waals surface area contributed by atoms with Gasteiger partial charge in [-0.05, 0) is 24.3 Å². The highest BCUT2D eigenvalue weighted by atomic mass is 32.1. The van der Waals surface area contributed by atoms with Gasteiger partial charge in [-0.2, -0.15) is 0 Å². The molecule has 0 N–H and O–H groups in total. The summed E-state index contributed by atoms with van der Waals surface area (Å²) in [7, 11) is 0. The summed E-state index contributed by atoms with van der Waals surface area (Å²) in [6.45, 7) is 4.76. The Morgan fingerprint density at radius 3 is 2.76 bits per heavy atom. The highest BCUT2D eigenvalue weighted by Crippen LogP contribution is 2.37. The number of carbonyl (C=O) groups is 3. The molecule has 0 saturated heterocycles. The van der Waals surface area contributed by atoms with Gasteiger partial charge in [0.2, 0.25) is 0 Å². The highest BCUT2D eigenvalue weighted by molar-refractivity contribution is 7.10. The molecule has 2 heterocycles. The lowest BCUT2D eigenvalue weighted by molar-refractivity contribution is -0.128. The summed E-state index contributed by atoms with van der Waals surface area (Å²) < 4.78 is 0. The minimum atomic E-state index is -0.415.